The molecule has 0 unspecified atom stereocenters. The van der Waals surface area contributed by atoms with Crippen molar-refractivity contribution in [3.8, 4) is 16.9 Å². The van der Waals surface area contributed by atoms with Gasteiger partial charge in [-0.15, -0.1) is 12.6 Å². The summed E-state index contributed by atoms with van der Waals surface area (Å²) in [4.78, 5) is 22.9. The Bertz CT molecular complexity index is 1020. The van der Waals surface area contributed by atoms with E-state index in [1.54, 1.807) is 36.4 Å². The number of benzene rings is 3. The van der Waals surface area contributed by atoms with E-state index in [2.05, 4.69) is 17.9 Å². The maximum atomic E-state index is 12.1. The maximum Gasteiger partial charge on any atom is 0.341 e. The van der Waals surface area contributed by atoms with E-state index in [1.807, 2.05) is 25.2 Å². The maximum absolute atomic E-state index is 12.1. The van der Waals surface area contributed by atoms with Crippen molar-refractivity contribution >= 4 is 24.5 Å². The van der Waals surface area contributed by atoms with E-state index in [1.165, 1.54) is 12.1 Å². The number of halogens is 1. The lowest BCUT2D eigenvalue weighted by molar-refractivity contribution is -0.139. The number of carboxylic acids is 1. The first-order valence-corrected chi connectivity index (χ1v) is 9.71. The lowest BCUT2D eigenvalue weighted by Crippen LogP contribution is -2.12. The van der Waals surface area contributed by atoms with Gasteiger partial charge >= 0.3 is 5.97 Å². The number of ether oxygens (including phenoxy) is 1. The molecule has 31 heavy (non-hydrogen) atoms. The van der Waals surface area contributed by atoms with Gasteiger partial charge in [0.05, 0.1) is 0 Å². The molecule has 0 saturated heterocycles. The quantitative estimate of drug-likeness (QED) is 0.418. The molecule has 0 atom stereocenters. The highest BCUT2D eigenvalue weighted by atomic mass is 32.1. The van der Waals surface area contributed by atoms with Crippen LogP contribution >= 0.6 is 12.6 Å². The van der Waals surface area contributed by atoms with Crippen molar-refractivity contribution in [2.45, 2.75) is 11.4 Å². The van der Waals surface area contributed by atoms with Gasteiger partial charge in [0, 0.05) is 22.6 Å². The number of rotatable bonds is 7. The monoisotopic (exact) mass is 442 g/mol. The molecule has 0 aromatic heterocycles. The fraction of sp³-hybridized carbons (Fsp3) is 0.130. The van der Waals surface area contributed by atoms with Crippen LogP contribution in [0.25, 0.3) is 11.1 Å². The molecule has 0 heterocycles. The van der Waals surface area contributed by atoms with E-state index in [0.29, 0.717) is 23.4 Å². The number of carbonyl (C=O) groups excluding carboxylic acids is 1. The zero-order valence-electron chi connectivity index (χ0n) is 16.8. The molecule has 4 N–H and O–H groups in total. The van der Waals surface area contributed by atoms with Gasteiger partial charge in [0.25, 0.3) is 0 Å². The molecule has 6 nitrogen and oxygen atoms in total. The number of nitrogens with one attached hydrogen (secondary N) is 1. The zero-order valence-corrected chi connectivity index (χ0v) is 17.7. The first-order valence-electron chi connectivity index (χ1n) is 9.27. The molecule has 0 aliphatic heterocycles. The summed E-state index contributed by atoms with van der Waals surface area (Å²) in [5, 5.41) is 11.8. The molecule has 3 rings (SSSR count). The van der Waals surface area contributed by atoms with E-state index >= 15 is 0 Å². The number of hydrogen-bond donors (Lipinski definition) is 4. The smallest absolute Gasteiger partial charge is 0.341 e. The summed E-state index contributed by atoms with van der Waals surface area (Å²) >= 11 is 3.97. The number of carbonyl (C=O) groups is 2. The Hall–Kier alpha value is -3.36. The average molecular weight is 443 g/mol. The molecule has 0 radical (unpaired) electrons. The second kappa shape index (κ2) is 11.7. The Morgan fingerprint density at radius 2 is 1.81 bits per heavy atom. The Kier molecular flexibility index (Phi) is 9.05. The van der Waals surface area contributed by atoms with E-state index in [-0.39, 0.29) is 5.82 Å². The molecule has 8 heteroatoms. The van der Waals surface area contributed by atoms with Crippen molar-refractivity contribution in [2.75, 3.05) is 13.7 Å². The van der Waals surface area contributed by atoms with Crippen molar-refractivity contribution in [1.29, 1.82) is 0 Å². The van der Waals surface area contributed by atoms with Gasteiger partial charge in [-0.3, -0.25) is 4.79 Å². The highest BCUT2D eigenvalue weighted by Crippen LogP contribution is 2.31. The minimum atomic E-state index is -1.05. The lowest BCUT2D eigenvalue weighted by atomic mass is 9.99. The van der Waals surface area contributed by atoms with Gasteiger partial charge in [0.2, 0.25) is 5.91 Å². The molecule has 3 aromatic rings. The molecule has 0 bridgehead atoms. The third-order valence-corrected chi connectivity index (χ3v) is 4.36. The number of aliphatic carboxylic acids is 1. The number of carboxylic acid groups (broad SMARTS) is 1. The topological polar surface area (TPSA) is 102 Å². The van der Waals surface area contributed by atoms with Crippen LogP contribution in [0, 0.1) is 5.82 Å². The van der Waals surface area contributed by atoms with E-state index in [4.69, 9.17) is 15.6 Å². The third kappa shape index (κ3) is 7.76. The summed E-state index contributed by atoms with van der Waals surface area (Å²) in [6, 6.07) is 18.3. The Balaban J connectivity index is 0.000000357. The van der Waals surface area contributed by atoms with Gasteiger partial charge in [-0.05, 0) is 66.7 Å². The largest absolute Gasteiger partial charge is 0.481 e. The number of nitrogens with two attached hydrogens (primary N) is 1. The van der Waals surface area contributed by atoms with Gasteiger partial charge in [-0.2, -0.15) is 0 Å². The highest BCUT2D eigenvalue weighted by molar-refractivity contribution is 7.80. The standard InChI is InChI=1S/C17H18N2O4.C6H5FS/c1-19-9-11-5-6-15(23-10-16(20)21)14(7-11)12-3-2-4-13(8-12)17(18)22;7-5-1-3-6(8)4-2-5/h2-8,19H,9-10H2,1H3,(H2,18,22)(H,20,21);1-4,8H. The van der Waals surface area contributed by atoms with Crippen LogP contribution in [0.15, 0.2) is 71.6 Å². The van der Waals surface area contributed by atoms with Crippen LogP contribution in [0.4, 0.5) is 4.39 Å². The number of amides is 1. The van der Waals surface area contributed by atoms with Crippen molar-refractivity contribution < 1.29 is 23.8 Å². The van der Waals surface area contributed by atoms with Crippen molar-refractivity contribution in [2.24, 2.45) is 5.73 Å². The summed E-state index contributed by atoms with van der Waals surface area (Å²) in [6.45, 7) is 0.218. The molecule has 0 aliphatic carbocycles. The van der Waals surface area contributed by atoms with E-state index in [9.17, 15) is 14.0 Å². The van der Waals surface area contributed by atoms with Crippen LogP contribution in [0.2, 0.25) is 0 Å². The first-order chi connectivity index (χ1) is 14.8. The molecule has 0 fully saturated rings. The Morgan fingerprint density at radius 3 is 2.39 bits per heavy atom. The van der Waals surface area contributed by atoms with Gasteiger partial charge in [0.1, 0.15) is 11.6 Å². The fourth-order valence-corrected chi connectivity index (χ4v) is 2.81. The number of primary amides is 1. The molecule has 162 valence electrons. The van der Waals surface area contributed by atoms with Crippen LogP contribution in [-0.2, 0) is 11.3 Å². The van der Waals surface area contributed by atoms with Crippen molar-refractivity contribution in [1.82, 2.24) is 5.32 Å². The van der Waals surface area contributed by atoms with Gasteiger partial charge < -0.3 is 20.9 Å². The number of hydrogen-bond acceptors (Lipinski definition) is 5. The van der Waals surface area contributed by atoms with Crippen LogP contribution < -0.4 is 15.8 Å². The molecular weight excluding hydrogens is 419 g/mol. The molecule has 3 aromatic carbocycles. The second-order valence-electron chi connectivity index (χ2n) is 6.46. The van der Waals surface area contributed by atoms with Crippen LogP contribution in [0.3, 0.4) is 0 Å². The van der Waals surface area contributed by atoms with Crippen LogP contribution in [0.5, 0.6) is 5.75 Å². The number of thiol groups is 1. The fourth-order valence-electron chi connectivity index (χ4n) is 2.66. The molecule has 0 saturated carbocycles. The third-order valence-electron chi connectivity index (χ3n) is 4.06. The summed E-state index contributed by atoms with van der Waals surface area (Å²) in [5.74, 6) is -1.36. The molecule has 0 aliphatic rings. The molecule has 1 amide bonds. The Morgan fingerprint density at radius 1 is 1.10 bits per heavy atom. The minimum Gasteiger partial charge on any atom is -0.481 e. The average Bonchev–Trinajstić information content (AvgIpc) is 2.75. The normalized spacial score (nSPS) is 10.0. The summed E-state index contributed by atoms with van der Waals surface area (Å²) < 4.78 is 17.4. The zero-order chi connectivity index (χ0) is 22.8. The summed E-state index contributed by atoms with van der Waals surface area (Å²) in [6.07, 6.45) is 0. The highest BCUT2D eigenvalue weighted by Gasteiger charge is 2.11. The van der Waals surface area contributed by atoms with E-state index < -0.39 is 18.5 Å². The predicted octanol–water partition coefficient (Wildman–Crippen LogP) is 3.75. The van der Waals surface area contributed by atoms with Crippen molar-refractivity contribution in [3.05, 3.63) is 83.7 Å². The minimum absolute atomic E-state index is 0.220. The van der Waals surface area contributed by atoms with Crippen molar-refractivity contribution in [3.63, 3.8) is 0 Å². The van der Waals surface area contributed by atoms with Gasteiger partial charge in [-0.25, -0.2) is 9.18 Å². The second-order valence-corrected chi connectivity index (χ2v) is 6.98. The Labute approximate surface area is 185 Å². The SMILES string of the molecule is CNCc1ccc(OCC(=O)O)c(-c2cccc(C(N)=O)c2)c1.Fc1ccc(S)cc1. The van der Waals surface area contributed by atoms with Crippen LogP contribution in [-0.4, -0.2) is 30.6 Å². The van der Waals surface area contributed by atoms with Crippen LogP contribution in [0.1, 0.15) is 15.9 Å². The van der Waals surface area contributed by atoms with E-state index in [0.717, 1.165) is 16.0 Å². The molecule has 0 spiro atoms. The molecular formula is C23H23FN2O4S. The van der Waals surface area contributed by atoms with Gasteiger partial charge in [0.15, 0.2) is 6.61 Å². The lowest BCUT2D eigenvalue weighted by Gasteiger charge is -2.13. The summed E-state index contributed by atoms with van der Waals surface area (Å²) in [7, 11) is 1.84. The predicted molar refractivity (Wildman–Crippen MR) is 120 cm³/mol. The first kappa shape index (κ1) is 23.9. The summed E-state index contributed by atoms with van der Waals surface area (Å²) in [5.41, 5.74) is 8.15. The van der Waals surface area contributed by atoms with Gasteiger partial charge in [-0.1, -0.05) is 18.2 Å².